The van der Waals surface area contributed by atoms with E-state index < -0.39 is 6.10 Å². The van der Waals surface area contributed by atoms with E-state index in [-0.39, 0.29) is 11.7 Å². The minimum absolute atomic E-state index is 0.215. The number of aliphatic hydroxyl groups is 1. The van der Waals surface area contributed by atoms with Gasteiger partial charge in [0.25, 0.3) is 0 Å². The van der Waals surface area contributed by atoms with E-state index in [1.54, 1.807) is 18.2 Å². The van der Waals surface area contributed by atoms with Gasteiger partial charge in [-0.25, -0.2) is 0 Å². The summed E-state index contributed by atoms with van der Waals surface area (Å²) in [5, 5.41) is 22.5. The Bertz CT molecular complexity index is 308. The summed E-state index contributed by atoms with van der Waals surface area (Å²) < 4.78 is 0. The third-order valence-electron chi connectivity index (χ3n) is 2.76. The van der Waals surface area contributed by atoms with Crippen LogP contribution >= 0.6 is 0 Å². The Kier molecular flexibility index (Phi) is 2.70. The minimum Gasteiger partial charge on any atom is -0.508 e. The smallest absolute Gasteiger partial charge is 0.115 e. The van der Waals surface area contributed by atoms with Crippen LogP contribution in [0.25, 0.3) is 0 Å². The number of aromatic hydroxyl groups is 1. The molecule has 1 saturated heterocycles. The van der Waals surface area contributed by atoms with Gasteiger partial charge < -0.3 is 15.5 Å². The number of hydrogen-bond donors (Lipinski definition) is 3. The van der Waals surface area contributed by atoms with Crippen molar-refractivity contribution in [3.8, 4) is 5.75 Å². The van der Waals surface area contributed by atoms with Gasteiger partial charge in [0.15, 0.2) is 0 Å². The Balaban J connectivity index is 2.13. The van der Waals surface area contributed by atoms with Crippen LogP contribution in [0.1, 0.15) is 18.1 Å². The normalized spacial score (nSPS) is 23.6. The van der Waals surface area contributed by atoms with Gasteiger partial charge in [0.1, 0.15) is 5.75 Å². The SMILES string of the molecule is Oc1cccc(C(O)C2CCNC2)c1. The summed E-state index contributed by atoms with van der Waals surface area (Å²) in [6.45, 7) is 1.83. The van der Waals surface area contributed by atoms with E-state index in [1.807, 2.05) is 6.07 Å². The molecule has 2 atom stereocenters. The standard InChI is InChI=1S/C11H15NO2/c13-10-3-1-2-8(6-10)11(14)9-4-5-12-7-9/h1-3,6,9,11-14H,4-5,7H2. The summed E-state index contributed by atoms with van der Waals surface area (Å²) in [7, 11) is 0. The lowest BCUT2D eigenvalue weighted by Crippen LogP contribution is -2.15. The highest BCUT2D eigenvalue weighted by atomic mass is 16.3. The van der Waals surface area contributed by atoms with Gasteiger partial charge in [-0.2, -0.15) is 0 Å². The fourth-order valence-corrected chi connectivity index (χ4v) is 1.93. The fraction of sp³-hybridized carbons (Fsp3) is 0.455. The number of aliphatic hydroxyl groups excluding tert-OH is 1. The second-order valence-electron chi connectivity index (χ2n) is 3.79. The largest absolute Gasteiger partial charge is 0.508 e. The highest BCUT2D eigenvalue weighted by molar-refractivity contribution is 5.29. The molecule has 1 aromatic rings. The zero-order chi connectivity index (χ0) is 9.97. The van der Waals surface area contributed by atoms with Crippen molar-refractivity contribution < 1.29 is 10.2 Å². The summed E-state index contributed by atoms with van der Waals surface area (Å²) in [6, 6.07) is 6.85. The molecular formula is C11H15NO2. The fourth-order valence-electron chi connectivity index (χ4n) is 1.93. The molecule has 3 N–H and O–H groups in total. The van der Waals surface area contributed by atoms with Gasteiger partial charge in [0.05, 0.1) is 6.10 Å². The van der Waals surface area contributed by atoms with Crippen molar-refractivity contribution in [3.63, 3.8) is 0 Å². The van der Waals surface area contributed by atoms with Crippen LogP contribution in [0.3, 0.4) is 0 Å². The van der Waals surface area contributed by atoms with Gasteiger partial charge >= 0.3 is 0 Å². The zero-order valence-electron chi connectivity index (χ0n) is 7.98. The maximum Gasteiger partial charge on any atom is 0.115 e. The Morgan fingerprint density at radius 1 is 1.43 bits per heavy atom. The minimum atomic E-state index is -0.461. The Hall–Kier alpha value is -1.06. The molecular weight excluding hydrogens is 178 g/mol. The second-order valence-corrected chi connectivity index (χ2v) is 3.79. The van der Waals surface area contributed by atoms with Crippen LogP contribution in [0, 0.1) is 5.92 Å². The molecule has 0 bridgehead atoms. The van der Waals surface area contributed by atoms with Crippen LogP contribution in [0.4, 0.5) is 0 Å². The van der Waals surface area contributed by atoms with Crippen LogP contribution in [-0.2, 0) is 0 Å². The van der Waals surface area contributed by atoms with Gasteiger partial charge in [0.2, 0.25) is 0 Å². The Morgan fingerprint density at radius 3 is 2.93 bits per heavy atom. The zero-order valence-corrected chi connectivity index (χ0v) is 7.98. The number of nitrogens with one attached hydrogen (secondary N) is 1. The number of hydrogen-bond acceptors (Lipinski definition) is 3. The molecule has 76 valence electrons. The van der Waals surface area contributed by atoms with Crippen molar-refractivity contribution in [2.45, 2.75) is 12.5 Å². The van der Waals surface area contributed by atoms with E-state index >= 15 is 0 Å². The van der Waals surface area contributed by atoms with Crippen molar-refractivity contribution in [2.75, 3.05) is 13.1 Å². The van der Waals surface area contributed by atoms with Crippen molar-refractivity contribution in [3.05, 3.63) is 29.8 Å². The molecule has 1 aliphatic rings. The molecule has 0 aliphatic carbocycles. The molecule has 0 amide bonds. The molecule has 1 aromatic carbocycles. The van der Waals surface area contributed by atoms with Crippen molar-refractivity contribution >= 4 is 0 Å². The lowest BCUT2D eigenvalue weighted by molar-refractivity contribution is 0.118. The number of rotatable bonds is 2. The first-order chi connectivity index (χ1) is 6.77. The van der Waals surface area contributed by atoms with E-state index in [9.17, 15) is 10.2 Å². The summed E-state index contributed by atoms with van der Waals surface area (Å²) in [6.07, 6.45) is 0.536. The van der Waals surface area contributed by atoms with Crippen LogP contribution < -0.4 is 5.32 Å². The molecule has 1 heterocycles. The average Bonchev–Trinajstić information content (AvgIpc) is 2.69. The third kappa shape index (κ3) is 1.89. The van der Waals surface area contributed by atoms with E-state index in [0.29, 0.717) is 0 Å². The summed E-state index contributed by atoms with van der Waals surface area (Å²) in [5.41, 5.74) is 0.804. The van der Waals surface area contributed by atoms with Gasteiger partial charge in [-0.1, -0.05) is 12.1 Å². The molecule has 0 spiro atoms. The van der Waals surface area contributed by atoms with E-state index in [1.165, 1.54) is 0 Å². The van der Waals surface area contributed by atoms with Gasteiger partial charge in [-0.05, 0) is 30.7 Å². The molecule has 1 fully saturated rings. The summed E-state index contributed by atoms with van der Waals surface area (Å²) in [4.78, 5) is 0. The van der Waals surface area contributed by atoms with Crippen LogP contribution in [0.5, 0.6) is 5.75 Å². The number of benzene rings is 1. The second kappa shape index (κ2) is 3.98. The Labute approximate surface area is 83.4 Å². The lowest BCUT2D eigenvalue weighted by atomic mass is 9.95. The molecule has 3 nitrogen and oxygen atoms in total. The van der Waals surface area contributed by atoms with Crippen molar-refractivity contribution in [1.82, 2.24) is 5.32 Å². The van der Waals surface area contributed by atoms with Crippen LogP contribution in [-0.4, -0.2) is 23.3 Å². The third-order valence-corrected chi connectivity index (χ3v) is 2.76. The van der Waals surface area contributed by atoms with Gasteiger partial charge in [-0.15, -0.1) is 0 Å². The number of phenolic OH excluding ortho intramolecular Hbond substituents is 1. The molecule has 1 aliphatic heterocycles. The molecule has 0 aromatic heterocycles. The van der Waals surface area contributed by atoms with Gasteiger partial charge in [0, 0.05) is 12.5 Å². The summed E-state index contributed by atoms with van der Waals surface area (Å²) >= 11 is 0. The van der Waals surface area contributed by atoms with Crippen LogP contribution in [0.15, 0.2) is 24.3 Å². The van der Waals surface area contributed by atoms with Crippen molar-refractivity contribution in [1.29, 1.82) is 0 Å². The van der Waals surface area contributed by atoms with E-state index in [0.717, 1.165) is 25.1 Å². The first kappa shape index (κ1) is 9.49. The highest BCUT2D eigenvalue weighted by Crippen LogP contribution is 2.28. The molecule has 14 heavy (non-hydrogen) atoms. The lowest BCUT2D eigenvalue weighted by Gasteiger charge is -2.17. The molecule has 0 saturated carbocycles. The van der Waals surface area contributed by atoms with Gasteiger partial charge in [-0.3, -0.25) is 0 Å². The van der Waals surface area contributed by atoms with E-state index in [4.69, 9.17) is 0 Å². The topological polar surface area (TPSA) is 52.5 Å². The molecule has 2 unspecified atom stereocenters. The maximum atomic E-state index is 9.99. The Morgan fingerprint density at radius 2 is 2.29 bits per heavy atom. The molecule has 3 heteroatoms. The molecule has 0 radical (unpaired) electrons. The first-order valence-electron chi connectivity index (χ1n) is 4.95. The average molecular weight is 193 g/mol. The monoisotopic (exact) mass is 193 g/mol. The van der Waals surface area contributed by atoms with Crippen LogP contribution in [0.2, 0.25) is 0 Å². The predicted octanol–water partition coefficient (Wildman–Crippen LogP) is 1.04. The maximum absolute atomic E-state index is 9.99. The van der Waals surface area contributed by atoms with Crippen molar-refractivity contribution in [2.24, 2.45) is 5.92 Å². The number of phenols is 1. The molecule has 2 rings (SSSR count). The highest BCUT2D eigenvalue weighted by Gasteiger charge is 2.24. The first-order valence-corrected chi connectivity index (χ1v) is 4.95. The quantitative estimate of drug-likeness (QED) is 0.657. The predicted molar refractivity (Wildman–Crippen MR) is 54.0 cm³/mol. The van der Waals surface area contributed by atoms with E-state index in [2.05, 4.69) is 5.32 Å². The summed E-state index contributed by atoms with van der Waals surface area (Å²) in [5.74, 6) is 0.490.